The summed E-state index contributed by atoms with van der Waals surface area (Å²) in [6, 6.07) is 26.5. The van der Waals surface area contributed by atoms with E-state index in [1.807, 2.05) is 53.4 Å². The topological polar surface area (TPSA) is 47.4 Å². The lowest BCUT2D eigenvalue weighted by Crippen LogP contribution is -2.24. The SMILES string of the molecule is COc1ccc(Cn2c([C@@H]3CC(=O)N(Cc4ccccc4)C3)nc3ccccc32)cc1. The van der Waals surface area contributed by atoms with Crippen LogP contribution in [0.1, 0.15) is 29.3 Å². The van der Waals surface area contributed by atoms with Gasteiger partial charge in [-0.15, -0.1) is 0 Å². The van der Waals surface area contributed by atoms with E-state index in [1.165, 1.54) is 5.56 Å². The number of aromatic nitrogens is 2. The summed E-state index contributed by atoms with van der Waals surface area (Å²) in [5.74, 6) is 2.11. The Morgan fingerprint density at radius 2 is 1.61 bits per heavy atom. The van der Waals surface area contributed by atoms with Gasteiger partial charge < -0.3 is 14.2 Å². The molecular weight excluding hydrogens is 386 g/mol. The number of carbonyl (C=O) groups is 1. The molecule has 0 unspecified atom stereocenters. The molecule has 0 radical (unpaired) electrons. The lowest BCUT2D eigenvalue weighted by atomic mass is 10.1. The molecule has 1 saturated heterocycles. The molecule has 5 rings (SSSR count). The van der Waals surface area contributed by atoms with E-state index in [2.05, 4.69) is 34.9 Å². The summed E-state index contributed by atoms with van der Waals surface area (Å²) in [6.45, 7) is 2.05. The first-order valence-electron chi connectivity index (χ1n) is 10.6. The Kier molecular flexibility index (Phi) is 5.16. The second kappa shape index (κ2) is 8.26. The summed E-state index contributed by atoms with van der Waals surface area (Å²) in [5, 5.41) is 0. The number of fused-ring (bicyclic) bond motifs is 1. The van der Waals surface area contributed by atoms with Gasteiger partial charge in [-0.3, -0.25) is 4.79 Å². The molecule has 2 heterocycles. The highest BCUT2D eigenvalue weighted by Gasteiger charge is 2.34. The monoisotopic (exact) mass is 411 g/mol. The Labute approximate surface area is 181 Å². The summed E-state index contributed by atoms with van der Waals surface area (Å²) in [6.07, 6.45) is 0.499. The molecule has 1 atom stereocenters. The Morgan fingerprint density at radius 3 is 2.39 bits per heavy atom. The van der Waals surface area contributed by atoms with Crippen LogP contribution in [-0.2, 0) is 17.9 Å². The number of hydrogen-bond acceptors (Lipinski definition) is 3. The molecule has 1 aliphatic rings. The molecule has 0 N–H and O–H groups in total. The number of nitrogens with zero attached hydrogens (tertiary/aromatic N) is 3. The number of carbonyl (C=O) groups excluding carboxylic acids is 1. The molecule has 0 spiro atoms. The van der Waals surface area contributed by atoms with Gasteiger partial charge in [0.05, 0.1) is 18.1 Å². The fourth-order valence-corrected chi connectivity index (χ4v) is 4.39. The minimum atomic E-state index is 0.0851. The summed E-state index contributed by atoms with van der Waals surface area (Å²) < 4.78 is 7.55. The minimum Gasteiger partial charge on any atom is -0.497 e. The molecule has 5 heteroatoms. The van der Waals surface area contributed by atoms with Crippen LogP contribution in [0.4, 0.5) is 0 Å². The predicted octanol–water partition coefficient (Wildman–Crippen LogP) is 4.61. The fourth-order valence-electron chi connectivity index (χ4n) is 4.39. The van der Waals surface area contributed by atoms with Gasteiger partial charge in [-0.2, -0.15) is 0 Å². The highest BCUT2D eigenvalue weighted by Crippen LogP contribution is 2.32. The van der Waals surface area contributed by atoms with Crippen molar-refractivity contribution in [3.63, 3.8) is 0 Å². The molecule has 4 aromatic rings. The standard InChI is InChI=1S/C26H25N3O2/c1-31-22-13-11-20(12-14-22)17-29-24-10-6-5-9-23(24)27-26(29)21-15-25(30)28(18-21)16-19-7-3-2-4-8-19/h2-14,21H,15-18H2,1H3/t21-/m1/s1. The van der Waals surface area contributed by atoms with Crippen LogP contribution < -0.4 is 4.74 Å². The van der Waals surface area contributed by atoms with Crippen LogP contribution in [0.3, 0.4) is 0 Å². The second-order valence-corrected chi connectivity index (χ2v) is 8.05. The number of imidazole rings is 1. The lowest BCUT2D eigenvalue weighted by molar-refractivity contribution is -0.128. The van der Waals surface area contributed by atoms with Crippen LogP contribution in [0.5, 0.6) is 5.75 Å². The first-order chi connectivity index (χ1) is 15.2. The summed E-state index contributed by atoms with van der Waals surface area (Å²) in [4.78, 5) is 19.7. The quantitative estimate of drug-likeness (QED) is 0.466. The van der Waals surface area contributed by atoms with Crippen LogP contribution >= 0.6 is 0 Å². The highest BCUT2D eigenvalue weighted by atomic mass is 16.5. The molecule has 0 bridgehead atoms. The average molecular weight is 412 g/mol. The van der Waals surface area contributed by atoms with E-state index in [0.717, 1.165) is 28.2 Å². The van der Waals surface area contributed by atoms with E-state index in [9.17, 15) is 4.79 Å². The van der Waals surface area contributed by atoms with Crippen molar-refractivity contribution in [3.8, 4) is 5.75 Å². The zero-order chi connectivity index (χ0) is 21.2. The summed E-state index contributed by atoms with van der Waals surface area (Å²) >= 11 is 0. The van der Waals surface area contributed by atoms with Crippen molar-refractivity contribution < 1.29 is 9.53 Å². The maximum absolute atomic E-state index is 12.8. The van der Waals surface area contributed by atoms with E-state index >= 15 is 0 Å². The van der Waals surface area contributed by atoms with Gasteiger partial charge in [0.15, 0.2) is 0 Å². The molecule has 1 aliphatic heterocycles. The molecular formula is C26H25N3O2. The summed E-state index contributed by atoms with van der Waals surface area (Å²) in [5.41, 5.74) is 4.40. The van der Waals surface area contributed by atoms with Crippen molar-refractivity contribution in [2.24, 2.45) is 0 Å². The van der Waals surface area contributed by atoms with Crippen molar-refractivity contribution in [2.45, 2.75) is 25.4 Å². The number of hydrogen-bond donors (Lipinski definition) is 0. The number of benzene rings is 3. The van der Waals surface area contributed by atoms with Crippen molar-refractivity contribution in [3.05, 3.63) is 95.8 Å². The number of methoxy groups -OCH3 is 1. The third kappa shape index (κ3) is 3.91. The Bertz CT molecular complexity index is 1200. The zero-order valence-corrected chi connectivity index (χ0v) is 17.6. The largest absolute Gasteiger partial charge is 0.497 e. The normalized spacial score (nSPS) is 16.2. The molecule has 0 saturated carbocycles. The Morgan fingerprint density at radius 1 is 0.903 bits per heavy atom. The van der Waals surface area contributed by atoms with E-state index in [1.54, 1.807) is 7.11 Å². The fraction of sp³-hybridized carbons (Fsp3) is 0.231. The summed E-state index contributed by atoms with van der Waals surface area (Å²) in [7, 11) is 1.68. The number of ether oxygens (including phenoxy) is 1. The maximum Gasteiger partial charge on any atom is 0.223 e. The van der Waals surface area contributed by atoms with Gasteiger partial charge in [0, 0.05) is 32.0 Å². The highest BCUT2D eigenvalue weighted by molar-refractivity contribution is 5.81. The van der Waals surface area contributed by atoms with Crippen molar-refractivity contribution in [2.75, 3.05) is 13.7 Å². The lowest BCUT2D eigenvalue weighted by Gasteiger charge is -2.17. The van der Waals surface area contributed by atoms with E-state index < -0.39 is 0 Å². The van der Waals surface area contributed by atoms with Gasteiger partial charge in [0.2, 0.25) is 5.91 Å². The van der Waals surface area contributed by atoms with Crippen molar-refractivity contribution in [1.29, 1.82) is 0 Å². The molecule has 5 nitrogen and oxygen atoms in total. The Hall–Kier alpha value is -3.60. The van der Waals surface area contributed by atoms with Crippen LogP contribution in [0.15, 0.2) is 78.9 Å². The third-order valence-electron chi connectivity index (χ3n) is 5.98. The van der Waals surface area contributed by atoms with Gasteiger partial charge in [0.1, 0.15) is 11.6 Å². The zero-order valence-electron chi connectivity index (χ0n) is 17.6. The van der Waals surface area contributed by atoms with Gasteiger partial charge in [-0.05, 0) is 35.4 Å². The van der Waals surface area contributed by atoms with Crippen molar-refractivity contribution >= 4 is 16.9 Å². The van der Waals surface area contributed by atoms with E-state index in [4.69, 9.17) is 9.72 Å². The molecule has 1 amide bonds. The maximum atomic E-state index is 12.8. The molecule has 1 aromatic heterocycles. The van der Waals surface area contributed by atoms with Crippen LogP contribution in [0.2, 0.25) is 0 Å². The van der Waals surface area contributed by atoms with Gasteiger partial charge in [-0.1, -0.05) is 54.6 Å². The Balaban J connectivity index is 1.45. The number of amides is 1. The van der Waals surface area contributed by atoms with E-state index in [-0.39, 0.29) is 11.8 Å². The first-order valence-corrected chi connectivity index (χ1v) is 10.6. The van der Waals surface area contributed by atoms with E-state index in [0.29, 0.717) is 26.1 Å². The molecule has 31 heavy (non-hydrogen) atoms. The van der Waals surface area contributed by atoms with Gasteiger partial charge >= 0.3 is 0 Å². The van der Waals surface area contributed by atoms with Crippen LogP contribution in [-0.4, -0.2) is 34.0 Å². The predicted molar refractivity (Wildman–Crippen MR) is 121 cm³/mol. The minimum absolute atomic E-state index is 0.0851. The van der Waals surface area contributed by atoms with Crippen molar-refractivity contribution in [1.82, 2.24) is 14.5 Å². The average Bonchev–Trinajstić information content (AvgIpc) is 3.35. The molecule has 3 aromatic carbocycles. The first kappa shape index (κ1) is 19.4. The van der Waals surface area contributed by atoms with Crippen LogP contribution in [0.25, 0.3) is 11.0 Å². The smallest absolute Gasteiger partial charge is 0.223 e. The molecule has 0 aliphatic carbocycles. The number of rotatable bonds is 6. The van der Waals surface area contributed by atoms with Gasteiger partial charge in [-0.25, -0.2) is 4.98 Å². The molecule has 1 fully saturated rings. The number of likely N-dealkylation sites (tertiary alicyclic amines) is 1. The third-order valence-corrected chi connectivity index (χ3v) is 5.98. The molecule has 156 valence electrons. The van der Waals surface area contributed by atoms with Gasteiger partial charge in [0.25, 0.3) is 0 Å². The number of para-hydroxylation sites is 2. The second-order valence-electron chi connectivity index (χ2n) is 8.05. The van der Waals surface area contributed by atoms with Crippen LogP contribution in [0, 0.1) is 0 Å².